The van der Waals surface area contributed by atoms with Gasteiger partial charge in [-0.25, -0.2) is 0 Å². The number of ether oxygens (including phenoxy) is 1. The molecule has 3 rings (SSSR count). The van der Waals surface area contributed by atoms with Crippen molar-refractivity contribution in [3.8, 4) is 5.75 Å². The maximum absolute atomic E-state index is 6.30. The van der Waals surface area contributed by atoms with Crippen molar-refractivity contribution in [3.63, 3.8) is 0 Å². The Balaban J connectivity index is 1.71. The maximum atomic E-state index is 6.30. The van der Waals surface area contributed by atoms with Gasteiger partial charge in [0, 0.05) is 35.7 Å². The van der Waals surface area contributed by atoms with Gasteiger partial charge in [0.2, 0.25) is 0 Å². The third-order valence-electron chi connectivity index (χ3n) is 4.87. The zero-order chi connectivity index (χ0) is 14.1. The molecular formula is C16H23BrN2O. The molecular weight excluding hydrogens is 316 g/mol. The lowest BCUT2D eigenvalue weighted by Crippen LogP contribution is -2.38. The highest BCUT2D eigenvalue weighted by Gasteiger charge is 2.38. The van der Waals surface area contributed by atoms with Crippen molar-refractivity contribution < 1.29 is 4.74 Å². The van der Waals surface area contributed by atoms with Crippen LogP contribution < -0.4 is 10.5 Å². The Bertz CT molecular complexity index is 480. The van der Waals surface area contributed by atoms with Gasteiger partial charge in [0.15, 0.2) is 0 Å². The number of methoxy groups -OCH3 is 1. The van der Waals surface area contributed by atoms with Gasteiger partial charge in [-0.2, -0.15) is 0 Å². The lowest BCUT2D eigenvalue weighted by molar-refractivity contribution is 0.259. The van der Waals surface area contributed by atoms with Gasteiger partial charge in [-0.15, -0.1) is 0 Å². The molecule has 0 radical (unpaired) electrons. The van der Waals surface area contributed by atoms with Crippen LogP contribution in [0.2, 0.25) is 0 Å². The Labute approximate surface area is 129 Å². The molecule has 1 aromatic rings. The highest BCUT2D eigenvalue weighted by molar-refractivity contribution is 9.10. The summed E-state index contributed by atoms with van der Waals surface area (Å²) in [6, 6.07) is 6.64. The average molecular weight is 339 g/mol. The van der Waals surface area contributed by atoms with Crippen LogP contribution in [0.4, 0.5) is 0 Å². The fraction of sp³-hybridized carbons (Fsp3) is 0.625. The second-order valence-electron chi connectivity index (χ2n) is 6.17. The summed E-state index contributed by atoms with van der Waals surface area (Å²) in [6.07, 6.45) is 3.86. The summed E-state index contributed by atoms with van der Waals surface area (Å²) in [6.45, 7) is 3.29. The van der Waals surface area contributed by atoms with Crippen LogP contribution in [0.5, 0.6) is 5.75 Å². The van der Waals surface area contributed by atoms with Crippen LogP contribution in [0.15, 0.2) is 22.7 Å². The molecule has 1 aromatic carbocycles. The van der Waals surface area contributed by atoms with Crippen LogP contribution in [0.1, 0.15) is 24.8 Å². The minimum absolute atomic E-state index is 0.406. The summed E-state index contributed by atoms with van der Waals surface area (Å²) < 4.78 is 6.59. The molecule has 0 aromatic heterocycles. The normalized spacial score (nSPS) is 30.2. The van der Waals surface area contributed by atoms with Crippen molar-refractivity contribution in [1.29, 1.82) is 0 Å². The first-order valence-electron chi connectivity index (χ1n) is 7.47. The number of nitrogens with two attached hydrogens (primary N) is 1. The number of benzene rings is 1. The van der Waals surface area contributed by atoms with Crippen LogP contribution in [0.25, 0.3) is 0 Å². The van der Waals surface area contributed by atoms with E-state index in [9.17, 15) is 0 Å². The molecule has 1 aliphatic heterocycles. The van der Waals surface area contributed by atoms with Crippen LogP contribution in [-0.4, -0.2) is 31.1 Å². The molecule has 1 saturated heterocycles. The van der Waals surface area contributed by atoms with E-state index >= 15 is 0 Å². The van der Waals surface area contributed by atoms with Crippen molar-refractivity contribution in [3.05, 3.63) is 28.2 Å². The molecule has 0 spiro atoms. The first kappa shape index (κ1) is 14.4. The summed E-state index contributed by atoms with van der Waals surface area (Å²) >= 11 is 3.55. The van der Waals surface area contributed by atoms with Crippen LogP contribution >= 0.6 is 15.9 Å². The Kier molecular flexibility index (Phi) is 4.34. The molecule has 3 nitrogen and oxygen atoms in total. The molecule has 0 bridgehead atoms. The first-order valence-corrected chi connectivity index (χ1v) is 8.27. The standard InChI is InChI=1S/C16H23BrN2O/c1-20-16-6-5-13(17)7-12(16)9-19-8-11-3-2-4-15(18)14(11)10-19/h5-7,11,14-15H,2-4,8-10,18H2,1H3. The SMILES string of the molecule is COc1ccc(Br)cc1CN1CC2CCCC(N)C2C1. The fourth-order valence-electron chi connectivity index (χ4n) is 3.85. The van der Waals surface area contributed by atoms with Gasteiger partial charge >= 0.3 is 0 Å². The van der Waals surface area contributed by atoms with Gasteiger partial charge in [0.05, 0.1) is 7.11 Å². The molecule has 3 atom stereocenters. The molecule has 1 saturated carbocycles. The third kappa shape index (κ3) is 2.87. The minimum Gasteiger partial charge on any atom is -0.496 e. The lowest BCUT2D eigenvalue weighted by Gasteiger charge is -2.29. The van der Waals surface area contributed by atoms with E-state index in [1.54, 1.807) is 7.11 Å². The molecule has 0 amide bonds. The van der Waals surface area contributed by atoms with Gasteiger partial charge in [-0.3, -0.25) is 4.90 Å². The van der Waals surface area contributed by atoms with Crippen LogP contribution in [0.3, 0.4) is 0 Å². The van der Waals surface area contributed by atoms with E-state index in [-0.39, 0.29) is 0 Å². The molecule has 1 heterocycles. The Hall–Kier alpha value is -0.580. The van der Waals surface area contributed by atoms with Gasteiger partial charge in [-0.1, -0.05) is 22.4 Å². The second kappa shape index (κ2) is 6.04. The van der Waals surface area contributed by atoms with Crippen molar-refractivity contribution in [2.75, 3.05) is 20.2 Å². The predicted molar refractivity (Wildman–Crippen MR) is 84.8 cm³/mol. The van der Waals surface area contributed by atoms with Gasteiger partial charge in [-0.05, 0) is 42.9 Å². The summed E-state index contributed by atoms with van der Waals surface area (Å²) in [5.41, 5.74) is 7.56. The molecule has 4 heteroatoms. The second-order valence-corrected chi connectivity index (χ2v) is 7.08. The van der Waals surface area contributed by atoms with E-state index in [4.69, 9.17) is 10.5 Å². The number of rotatable bonds is 3. The van der Waals surface area contributed by atoms with Gasteiger partial charge in [0.1, 0.15) is 5.75 Å². The number of nitrogens with zero attached hydrogens (tertiary/aromatic N) is 1. The van der Waals surface area contributed by atoms with Crippen molar-refractivity contribution in [2.24, 2.45) is 17.6 Å². The average Bonchev–Trinajstić information content (AvgIpc) is 2.83. The van der Waals surface area contributed by atoms with Crippen molar-refractivity contribution in [2.45, 2.75) is 31.8 Å². The number of hydrogen-bond acceptors (Lipinski definition) is 3. The highest BCUT2D eigenvalue weighted by Crippen LogP contribution is 2.36. The fourth-order valence-corrected chi connectivity index (χ4v) is 4.26. The zero-order valence-corrected chi connectivity index (χ0v) is 13.6. The third-order valence-corrected chi connectivity index (χ3v) is 5.36. The largest absolute Gasteiger partial charge is 0.496 e. The van der Waals surface area contributed by atoms with Gasteiger partial charge < -0.3 is 10.5 Å². The Morgan fingerprint density at radius 3 is 2.95 bits per heavy atom. The minimum atomic E-state index is 0.406. The number of fused-ring (bicyclic) bond motifs is 1. The highest BCUT2D eigenvalue weighted by atomic mass is 79.9. The number of hydrogen-bond donors (Lipinski definition) is 1. The van der Waals surface area contributed by atoms with Gasteiger partial charge in [0.25, 0.3) is 0 Å². The van der Waals surface area contributed by atoms with E-state index in [1.165, 1.54) is 31.4 Å². The summed E-state index contributed by atoms with van der Waals surface area (Å²) in [5.74, 6) is 2.48. The number of likely N-dealkylation sites (tertiary alicyclic amines) is 1. The maximum Gasteiger partial charge on any atom is 0.123 e. The molecule has 20 heavy (non-hydrogen) atoms. The monoisotopic (exact) mass is 338 g/mol. The molecule has 2 fully saturated rings. The smallest absolute Gasteiger partial charge is 0.123 e. The van der Waals surface area contributed by atoms with E-state index < -0.39 is 0 Å². The topological polar surface area (TPSA) is 38.5 Å². The quantitative estimate of drug-likeness (QED) is 0.920. The summed E-state index contributed by atoms with van der Waals surface area (Å²) in [7, 11) is 1.74. The van der Waals surface area contributed by atoms with E-state index in [0.29, 0.717) is 12.0 Å². The van der Waals surface area contributed by atoms with E-state index in [2.05, 4.69) is 26.9 Å². The zero-order valence-electron chi connectivity index (χ0n) is 12.0. The lowest BCUT2D eigenvalue weighted by atomic mass is 9.78. The van der Waals surface area contributed by atoms with E-state index in [1.807, 2.05) is 12.1 Å². The van der Waals surface area contributed by atoms with Crippen molar-refractivity contribution >= 4 is 15.9 Å². The first-order chi connectivity index (χ1) is 9.67. The molecule has 3 unspecified atom stereocenters. The molecule has 2 aliphatic rings. The molecule has 110 valence electrons. The van der Waals surface area contributed by atoms with Crippen molar-refractivity contribution in [1.82, 2.24) is 4.90 Å². The molecule has 2 N–H and O–H groups in total. The predicted octanol–water partition coefficient (Wildman–Crippen LogP) is 3.02. The summed E-state index contributed by atoms with van der Waals surface area (Å²) in [5, 5.41) is 0. The Morgan fingerprint density at radius 2 is 2.20 bits per heavy atom. The summed E-state index contributed by atoms with van der Waals surface area (Å²) in [4.78, 5) is 2.55. The van der Waals surface area contributed by atoms with Crippen LogP contribution in [-0.2, 0) is 6.54 Å². The molecule has 1 aliphatic carbocycles. The van der Waals surface area contributed by atoms with E-state index in [0.717, 1.165) is 29.2 Å². The van der Waals surface area contributed by atoms with Crippen LogP contribution in [0, 0.1) is 11.8 Å². The number of halogens is 1. The Morgan fingerprint density at radius 1 is 1.35 bits per heavy atom.